The van der Waals surface area contributed by atoms with Gasteiger partial charge in [-0.05, 0) is 57.0 Å². The standard InChI is InChI=1S/C23H28N4O2/c1-16(2)29-21-8-6-5-7-20(21)26-23-25-17(3)15-22(27-23)24-14-13-18-9-11-19(28-4)12-10-18/h5-12,15-16H,13-14H2,1-4H3,(H2,24,25,26,27). The van der Waals surface area contributed by atoms with Crippen molar-refractivity contribution in [1.29, 1.82) is 0 Å². The molecule has 0 bridgehead atoms. The molecule has 0 spiro atoms. The lowest BCUT2D eigenvalue weighted by atomic mass is 10.1. The van der Waals surface area contributed by atoms with Crippen molar-refractivity contribution in [2.75, 3.05) is 24.3 Å². The van der Waals surface area contributed by atoms with Gasteiger partial charge >= 0.3 is 0 Å². The van der Waals surface area contributed by atoms with Crippen LogP contribution in [0.5, 0.6) is 11.5 Å². The van der Waals surface area contributed by atoms with Crippen LogP contribution in [0, 0.1) is 6.92 Å². The second kappa shape index (κ2) is 9.78. The average Bonchev–Trinajstić information content (AvgIpc) is 2.69. The molecule has 1 heterocycles. The number of rotatable bonds is 9. The van der Waals surface area contributed by atoms with Crippen LogP contribution in [0.1, 0.15) is 25.1 Å². The van der Waals surface area contributed by atoms with Gasteiger partial charge in [0.25, 0.3) is 0 Å². The fraction of sp³-hybridized carbons (Fsp3) is 0.304. The molecule has 3 aromatic rings. The third-order valence-corrected chi connectivity index (χ3v) is 4.23. The molecule has 6 nitrogen and oxygen atoms in total. The first-order valence-corrected chi connectivity index (χ1v) is 9.78. The lowest BCUT2D eigenvalue weighted by Crippen LogP contribution is -2.10. The molecule has 0 aliphatic heterocycles. The van der Waals surface area contributed by atoms with E-state index in [9.17, 15) is 0 Å². The van der Waals surface area contributed by atoms with Crippen molar-refractivity contribution < 1.29 is 9.47 Å². The van der Waals surface area contributed by atoms with Crippen LogP contribution in [-0.4, -0.2) is 29.7 Å². The van der Waals surface area contributed by atoms with Crippen LogP contribution in [0.3, 0.4) is 0 Å². The zero-order valence-corrected chi connectivity index (χ0v) is 17.4. The maximum Gasteiger partial charge on any atom is 0.229 e. The number of anilines is 3. The predicted molar refractivity (Wildman–Crippen MR) is 117 cm³/mol. The highest BCUT2D eigenvalue weighted by atomic mass is 16.5. The third kappa shape index (κ3) is 6.10. The van der Waals surface area contributed by atoms with E-state index in [2.05, 4.69) is 32.7 Å². The quantitative estimate of drug-likeness (QED) is 0.535. The Bertz CT molecular complexity index is 926. The van der Waals surface area contributed by atoms with Crippen molar-refractivity contribution in [1.82, 2.24) is 9.97 Å². The van der Waals surface area contributed by atoms with E-state index in [1.807, 2.05) is 63.2 Å². The van der Waals surface area contributed by atoms with Crippen molar-refractivity contribution >= 4 is 17.5 Å². The van der Waals surface area contributed by atoms with E-state index in [-0.39, 0.29) is 6.10 Å². The first-order chi connectivity index (χ1) is 14.0. The summed E-state index contributed by atoms with van der Waals surface area (Å²) in [5.74, 6) is 2.97. The predicted octanol–water partition coefficient (Wildman–Crippen LogP) is 4.98. The maximum atomic E-state index is 5.87. The Morgan fingerprint density at radius 3 is 2.48 bits per heavy atom. The molecule has 2 N–H and O–H groups in total. The Morgan fingerprint density at radius 2 is 1.76 bits per heavy atom. The summed E-state index contributed by atoms with van der Waals surface area (Å²) in [5.41, 5.74) is 2.97. The van der Waals surface area contributed by atoms with E-state index in [4.69, 9.17) is 9.47 Å². The van der Waals surface area contributed by atoms with Gasteiger partial charge in [0.1, 0.15) is 17.3 Å². The smallest absolute Gasteiger partial charge is 0.229 e. The minimum Gasteiger partial charge on any atom is -0.497 e. The van der Waals surface area contributed by atoms with E-state index >= 15 is 0 Å². The van der Waals surface area contributed by atoms with Crippen LogP contribution in [0.2, 0.25) is 0 Å². The van der Waals surface area contributed by atoms with Gasteiger partial charge in [0.2, 0.25) is 5.95 Å². The molecule has 6 heteroatoms. The van der Waals surface area contributed by atoms with Gasteiger partial charge in [0.05, 0.1) is 18.9 Å². The van der Waals surface area contributed by atoms with E-state index in [0.29, 0.717) is 5.95 Å². The van der Waals surface area contributed by atoms with Gasteiger partial charge in [-0.15, -0.1) is 0 Å². The Balaban J connectivity index is 1.65. The van der Waals surface area contributed by atoms with Crippen molar-refractivity contribution in [3.63, 3.8) is 0 Å². The molecule has 29 heavy (non-hydrogen) atoms. The summed E-state index contributed by atoms with van der Waals surface area (Å²) in [7, 11) is 1.67. The molecule has 2 aromatic carbocycles. The highest BCUT2D eigenvalue weighted by molar-refractivity contribution is 5.63. The van der Waals surface area contributed by atoms with Crippen LogP contribution in [0.25, 0.3) is 0 Å². The second-order valence-corrected chi connectivity index (χ2v) is 7.03. The molecule has 0 aliphatic carbocycles. The molecule has 3 rings (SSSR count). The molecule has 0 radical (unpaired) electrons. The zero-order valence-electron chi connectivity index (χ0n) is 17.4. The van der Waals surface area contributed by atoms with E-state index in [1.165, 1.54) is 5.56 Å². The molecule has 0 aliphatic rings. The van der Waals surface area contributed by atoms with Gasteiger partial charge in [-0.3, -0.25) is 0 Å². The Kier molecular flexibility index (Phi) is 6.89. The molecule has 0 unspecified atom stereocenters. The first kappa shape index (κ1) is 20.5. The van der Waals surface area contributed by atoms with Crippen LogP contribution < -0.4 is 20.1 Å². The summed E-state index contributed by atoms with van der Waals surface area (Å²) >= 11 is 0. The van der Waals surface area contributed by atoms with Crippen LogP contribution in [0.4, 0.5) is 17.5 Å². The summed E-state index contributed by atoms with van der Waals surface area (Å²) in [4.78, 5) is 9.10. The van der Waals surface area contributed by atoms with Gasteiger partial charge < -0.3 is 20.1 Å². The SMILES string of the molecule is COc1ccc(CCNc2cc(C)nc(Nc3ccccc3OC(C)C)n2)cc1. The minimum absolute atomic E-state index is 0.0894. The lowest BCUT2D eigenvalue weighted by molar-refractivity contribution is 0.244. The fourth-order valence-electron chi connectivity index (χ4n) is 2.89. The molecule has 0 atom stereocenters. The maximum absolute atomic E-state index is 5.87. The number of hydrogen-bond acceptors (Lipinski definition) is 6. The molecule has 0 fully saturated rings. The minimum atomic E-state index is 0.0894. The Labute approximate surface area is 172 Å². The van der Waals surface area contributed by atoms with Gasteiger partial charge in [-0.1, -0.05) is 24.3 Å². The van der Waals surface area contributed by atoms with Crippen molar-refractivity contribution in [2.45, 2.75) is 33.3 Å². The molecular weight excluding hydrogens is 364 g/mol. The number of nitrogens with zero attached hydrogens (tertiary/aromatic N) is 2. The first-order valence-electron chi connectivity index (χ1n) is 9.78. The summed E-state index contributed by atoms with van der Waals surface area (Å²) < 4.78 is 11.1. The molecule has 0 saturated heterocycles. The summed E-state index contributed by atoms with van der Waals surface area (Å²) in [5, 5.41) is 6.66. The highest BCUT2D eigenvalue weighted by Gasteiger charge is 2.08. The Morgan fingerprint density at radius 1 is 1.00 bits per heavy atom. The average molecular weight is 393 g/mol. The monoisotopic (exact) mass is 392 g/mol. The lowest BCUT2D eigenvalue weighted by Gasteiger charge is -2.15. The molecule has 1 aromatic heterocycles. The number of ether oxygens (including phenoxy) is 2. The largest absolute Gasteiger partial charge is 0.497 e. The number of aromatic nitrogens is 2. The van der Waals surface area contributed by atoms with E-state index in [1.54, 1.807) is 7.11 Å². The van der Waals surface area contributed by atoms with Crippen molar-refractivity contribution in [3.05, 3.63) is 65.9 Å². The number of benzene rings is 2. The third-order valence-electron chi connectivity index (χ3n) is 4.23. The molecule has 0 saturated carbocycles. The summed E-state index contributed by atoms with van der Waals surface area (Å²) in [6.07, 6.45) is 0.979. The number of methoxy groups -OCH3 is 1. The number of nitrogens with one attached hydrogen (secondary N) is 2. The fourth-order valence-corrected chi connectivity index (χ4v) is 2.89. The molecule has 0 amide bonds. The van der Waals surface area contributed by atoms with Crippen LogP contribution >= 0.6 is 0 Å². The van der Waals surface area contributed by atoms with Gasteiger partial charge in [0, 0.05) is 18.3 Å². The molecule has 152 valence electrons. The number of para-hydroxylation sites is 2. The highest BCUT2D eigenvalue weighted by Crippen LogP contribution is 2.27. The molecular formula is C23H28N4O2. The van der Waals surface area contributed by atoms with E-state index in [0.717, 1.165) is 41.7 Å². The number of hydrogen-bond donors (Lipinski definition) is 2. The summed E-state index contributed by atoms with van der Waals surface area (Å²) in [6, 6.07) is 17.8. The second-order valence-electron chi connectivity index (χ2n) is 7.03. The number of aryl methyl sites for hydroxylation is 1. The van der Waals surface area contributed by atoms with Gasteiger partial charge in [0.15, 0.2) is 0 Å². The Hall–Kier alpha value is -3.28. The van der Waals surface area contributed by atoms with E-state index < -0.39 is 0 Å². The van der Waals surface area contributed by atoms with Gasteiger partial charge in [-0.25, -0.2) is 4.98 Å². The summed E-state index contributed by atoms with van der Waals surface area (Å²) in [6.45, 7) is 6.74. The zero-order chi connectivity index (χ0) is 20.6. The van der Waals surface area contributed by atoms with Crippen LogP contribution in [-0.2, 0) is 6.42 Å². The normalized spacial score (nSPS) is 10.7. The van der Waals surface area contributed by atoms with Crippen LogP contribution in [0.15, 0.2) is 54.6 Å². The van der Waals surface area contributed by atoms with Crippen molar-refractivity contribution in [2.24, 2.45) is 0 Å². The van der Waals surface area contributed by atoms with Gasteiger partial charge in [-0.2, -0.15) is 4.98 Å². The van der Waals surface area contributed by atoms with Crippen molar-refractivity contribution in [3.8, 4) is 11.5 Å². The topological polar surface area (TPSA) is 68.3 Å².